The zero-order valence-corrected chi connectivity index (χ0v) is 14.1. The molecule has 1 amide bonds. The van der Waals surface area contributed by atoms with Crippen molar-refractivity contribution in [3.05, 3.63) is 70.8 Å². The number of benzene rings is 2. The molecule has 128 valence electrons. The predicted octanol–water partition coefficient (Wildman–Crippen LogP) is 3.39. The number of hydrogen-bond donors (Lipinski definition) is 1. The maximum absolute atomic E-state index is 12.8. The highest BCUT2D eigenvalue weighted by Gasteiger charge is 2.49. The molecule has 4 nitrogen and oxygen atoms in total. The van der Waals surface area contributed by atoms with Crippen molar-refractivity contribution in [2.24, 2.45) is 0 Å². The van der Waals surface area contributed by atoms with Crippen LogP contribution in [0.5, 0.6) is 0 Å². The first-order chi connectivity index (χ1) is 12.1. The molecule has 1 aliphatic heterocycles. The van der Waals surface area contributed by atoms with E-state index in [2.05, 4.69) is 18.2 Å². The molecule has 0 radical (unpaired) electrons. The van der Waals surface area contributed by atoms with Crippen LogP contribution in [0.25, 0.3) is 0 Å². The van der Waals surface area contributed by atoms with Crippen LogP contribution in [0.1, 0.15) is 46.3 Å². The molecule has 1 spiro atoms. The zero-order valence-electron chi connectivity index (χ0n) is 14.1. The summed E-state index contributed by atoms with van der Waals surface area (Å²) in [7, 11) is 0. The summed E-state index contributed by atoms with van der Waals surface area (Å²) in [5, 5.41) is 9.27. The standard InChI is InChI=1S/C21H21NO3/c23-19(10-9-15-5-1-3-7-17(15)20(24)25)22-13-16-6-2-4-8-18(16)21(14-22)11-12-21/h1-8H,9-14H2,(H,24,25). The molecule has 1 aliphatic carbocycles. The van der Waals surface area contributed by atoms with Crippen molar-refractivity contribution >= 4 is 11.9 Å². The Bertz CT molecular complexity index is 839. The number of carbonyl (C=O) groups is 2. The van der Waals surface area contributed by atoms with Crippen molar-refractivity contribution in [3.8, 4) is 0 Å². The van der Waals surface area contributed by atoms with Gasteiger partial charge in [0.15, 0.2) is 0 Å². The number of rotatable bonds is 4. The van der Waals surface area contributed by atoms with Gasteiger partial charge in [0.1, 0.15) is 0 Å². The number of aryl methyl sites for hydroxylation is 1. The number of amides is 1. The second-order valence-electron chi connectivity index (χ2n) is 7.15. The third kappa shape index (κ3) is 2.93. The lowest BCUT2D eigenvalue weighted by atomic mass is 9.87. The van der Waals surface area contributed by atoms with E-state index >= 15 is 0 Å². The van der Waals surface area contributed by atoms with Crippen molar-refractivity contribution < 1.29 is 14.7 Å². The minimum absolute atomic E-state index is 0.112. The smallest absolute Gasteiger partial charge is 0.335 e. The van der Waals surface area contributed by atoms with Gasteiger partial charge in [0, 0.05) is 24.9 Å². The Balaban J connectivity index is 1.47. The van der Waals surface area contributed by atoms with Crippen LogP contribution in [0, 0.1) is 0 Å². The van der Waals surface area contributed by atoms with E-state index in [1.807, 2.05) is 17.0 Å². The van der Waals surface area contributed by atoms with E-state index in [-0.39, 0.29) is 16.9 Å². The van der Waals surface area contributed by atoms with Crippen molar-refractivity contribution in [3.63, 3.8) is 0 Å². The average molecular weight is 335 g/mol. The van der Waals surface area contributed by atoms with Gasteiger partial charge in [-0.1, -0.05) is 42.5 Å². The van der Waals surface area contributed by atoms with Crippen LogP contribution < -0.4 is 0 Å². The summed E-state index contributed by atoms with van der Waals surface area (Å²) in [6.45, 7) is 1.46. The Morgan fingerprint density at radius 2 is 1.76 bits per heavy atom. The molecule has 4 heteroatoms. The molecule has 4 rings (SSSR count). The minimum atomic E-state index is -0.938. The van der Waals surface area contributed by atoms with Crippen molar-refractivity contribution in [1.29, 1.82) is 0 Å². The Morgan fingerprint density at radius 3 is 2.52 bits per heavy atom. The van der Waals surface area contributed by atoms with Gasteiger partial charge < -0.3 is 10.0 Å². The Labute approximate surface area is 147 Å². The van der Waals surface area contributed by atoms with E-state index in [1.165, 1.54) is 11.1 Å². The minimum Gasteiger partial charge on any atom is -0.478 e. The van der Waals surface area contributed by atoms with Crippen LogP contribution in [0.3, 0.4) is 0 Å². The highest BCUT2D eigenvalue weighted by atomic mass is 16.4. The topological polar surface area (TPSA) is 57.6 Å². The highest BCUT2D eigenvalue weighted by Crippen LogP contribution is 2.52. The molecule has 1 heterocycles. The summed E-state index contributed by atoms with van der Waals surface area (Å²) in [6.07, 6.45) is 3.11. The monoisotopic (exact) mass is 335 g/mol. The molecule has 0 bridgehead atoms. The van der Waals surface area contributed by atoms with Crippen molar-refractivity contribution in [2.75, 3.05) is 6.54 Å². The fourth-order valence-electron chi connectivity index (χ4n) is 3.99. The van der Waals surface area contributed by atoms with Gasteiger partial charge in [-0.2, -0.15) is 0 Å². The molecule has 1 N–H and O–H groups in total. The van der Waals surface area contributed by atoms with Crippen LogP contribution in [-0.2, 0) is 23.2 Å². The molecule has 2 aromatic rings. The second-order valence-corrected chi connectivity index (χ2v) is 7.15. The van der Waals surface area contributed by atoms with Gasteiger partial charge in [-0.25, -0.2) is 4.79 Å². The van der Waals surface area contributed by atoms with E-state index in [4.69, 9.17) is 0 Å². The lowest BCUT2D eigenvalue weighted by molar-refractivity contribution is -0.132. The Kier molecular flexibility index (Phi) is 3.83. The Morgan fingerprint density at radius 1 is 1.04 bits per heavy atom. The molecule has 2 aromatic carbocycles. The van der Waals surface area contributed by atoms with E-state index in [9.17, 15) is 14.7 Å². The summed E-state index contributed by atoms with van der Waals surface area (Å²) >= 11 is 0. The highest BCUT2D eigenvalue weighted by molar-refractivity contribution is 5.89. The summed E-state index contributed by atoms with van der Waals surface area (Å²) in [5.41, 5.74) is 3.85. The largest absolute Gasteiger partial charge is 0.478 e. The number of fused-ring (bicyclic) bond motifs is 2. The predicted molar refractivity (Wildman–Crippen MR) is 94.5 cm³/mol. The first kappa shape index (κ1) is 15.9. The molecule has 0 unspecified atom stereocenters. The number of nitrogens with zero attached hydrogens (tertiary/aromatic N) is 1. The second kappa shape index (κ2) is 6.03. The molecular formula is C21H21NO3. The van der Waals surface area contributed by atoms with Gasteiger partial charge in [0.2, 0.25) is 5.91 Å². The molecule has 2 aliphatic rings. The van der Waals surface area contributed by atoms with E-state index in [0.29, 0.717) is 19.4 Å². The van der Waals surface area contributed by atoms with E-state index in [1.54, 1.807) is 18.2 Å². The lowest BCUT2D eigenvalue weighted by Gasteiger charge is -2.35. The quantitative estimate of drug-likeness (QED) is 0.932. The SMILES string of the molecule is O=C(O)c1ccccc1CCC(=O)N1Cc2ccccc2C2(CC2)C1. The number of aromatic carboxylic acids is 1. The molecule has 0 saturated heterocycles. The first-order valence-corrected chi connectivity index (χ1v) is 8.76. The number of hydrogen-bond acceptors (Lipinski definition) is 2. The normalized spacial score (nSPS) is 17.2. The maximum atomic E-state index is 12.8. The molecule has 25 heavy (non-hydrogen) atoms. The number of carboxylic acids is 1. The third-order valence-electron chi connectivity index (χ3n) is 5.51. The Hall–Kier alpha value is -2.62. The van der Waals surface area contributed by atoms with Gasteiger partial charge in [-0.05, 0) is 42.0 Å². The van der Waals surface area contributed by atoms with Crippen LogP contribution in [-0.4, -0.2) is 28.4 Å². The van der Waals surface area contributed by atoms with Gasteiger partial charge >= 0.3 is 5.97 Å². The van der Waals surface area contributed by atoms with Crippen LogP contribution in [0.2, 0.25) is 0 Å². The molecule has 1 fully saturated rings. The maximum Gasteiger partial charge on any atom is 0.335 e. The van der Waals surface area contributed by atoms with E-state index in [0.717, 1.165) is 24.9 Å². The van der Waals surface area contributed by atoms with Gasteiger partial charge in [0.05, 0.1) is 5.56 Å². The van der Waals surface area contributed by atoms with Crippen LogP contribution in [0.15, 0.2) is 48.5 Å². The van der Waals surface area contributed by atoms with E-state index < -0.39 is 5.97 Å². The fraction of sp³-hybridized carbons (Fsp3) is 0.333. The molecule has 0 atom stereocenters. The molecule has 0 aromatic heterocycles. The van der Waals surface area contributed by atoms with Crippen molar-refractivity contribution in [1.82, 2.24) is 4.90 Å². The summed E-state index contributed by atoms with van der Waals surface area (Å²) in [4.78, 5) is 26.0. The molecule has 1 saturated carbocycles. The first-order valence-electron chi connectivity index (χ1n) is 8.76. The fourth-order valence-corrected chi connectivity index (χ4v) is 3.99. The summed E-state index contributed by atoms with van der Waals surface area (Å²) in [6, 6.07) is 15.4. The third-order valence-corrected chi connectivity index (χ3v) is 5.51. The lowest BCUT2D eigenvalue weighted by Crippen LogP contribution is -2.41. The van der Waals surface area contributed by atoms with Crippen LogP contribution >= 0.6 is 0 Å². The summed E-state index contributed by atoms with van der Waals surface area (Å²) in [5.74, 6) is -0.826. The van der Waals surface area contributed by atoms with Crippen molar-refractivity contribution in [2.45, 2.75) is 37.6 Å². The molecular weight excluding hydrogens is 314 g/mol. The van der Waals surface area contributed by atoms with Gasteiger partial charge in [-0.15, -0.1) is 0 Å². The zero-order chi connectivity index (χ0) is 17.4. The average Bonchev–Trinajstić information content (AvgIpc) is 3.39. The van der Waals surface area contributed by atoms with Gasteiger partial charge in [0.25, 0.3) is 0 Å². The van der Waals surface area contributed by atoms with Crippen LogP contribution in [0.4, 0.5) is 0 Å². The number of carbonyl (C=O) groups excluding carboxylic acids is 1. The number of carboxylic acid groups (broad SMARTS) is 1. The van der Waals surface area contributed by atoms with Gasteiger partial charge in [-0.3, -0.25) is 4.79 Å². The summed E-state index contributed by atoms with van der Waals surface area (Å²) < 4.78 is 0.